The molecule has 2 heteroatoms. The number of nitrogens with zero attached hydrogens (tertiary/aromatic N) is 1. The van der Waals surface area contributed by atoms with Gasteiger partial charge in [-0.1, -0.05) is 65.7 Å². The van der Waals surface area contributed by atoms with Gasteiger partial charge in [0.1, 0.15) is 0 Å². The van der Waals surface area contributed by atoms with Gasteiger partial charge in [0.15, 0.2) is 0 Å². The third kappa shape index (κ3) is 5.54. The maximum Gasteiger partial charge on any atom is 0.0500 e. The number of aliphatic imine (C=N–C) groups is 1. The van der Waals surface area contributed by atoms with E-state index in [0.29, 0.717) is 29.6 Å². The Bertz CT molecular complexity index is 462. The summed E-state index contributed by atoms with van der Waals surface area (Å²) < 4.78 is 5.83. The second-order valence-electron chi connectivity index (χ2n) is 8.23. The Morgan fingerprint density at radius 2 is 1.84 bits per heavy atom. The fraction of sp³-hybridized carbons (Fsp3) is 0.783. The van der Waals surface area contributed by atoms with E-state index < -0.39 is 0 Å². The molecule has 142 valence electrons. The summed E-state index contributed by atoms with van der Waals surface area (Å²) in [5, 5.41) is 0. The SMILES string of the molecule is C=C(CCC)/N=C(\C(C)C(C)/C=C/CCCC)C1C2CCC1COC2. The molecule has 2 rings (SSSR count). The van der Waals surface area contributed by atoms with Crippen molar-refractivity contribution in [2.75, 3.05) is 13.2 Å². The van der Waals surface area contributed by atoms with Crippen molar-refractivity contribution in [3.8, 4) is 0 Å². The molecule has 2 nitrogen and oxygen atoms in total. The summed E-state index contributed by atoms with van der Waals surface area (Å²) in [5.74, 6) is 2.98. The van der Waals surface area contributed by atoms with Gasteiger partial charge in [-0.2, -0.15) is 0 Å². The van der Waals surface area contributed by atoms with Crippen LogP contribution in [0.4, 0.5) is 0 Å². The molecule has 2 bridgehead atoms. The van der Waals surface area contributed by atoms with Gasteiger partial charge < -0.3 is 4.74 Å². The predicted molar refractivity (Wildman–Crippen MR) is 109 cm³/mol. The average molecular weight is 346 g/mol. The van der Waals surface area contributed by atoms with Gasteiger partial charge >= 0.3 is 0 Å². The van der Waals surface area contributed by atoms with Crippen LogP contribution >= 0.6 is 0 Å². The van der Waals surface area contributed by atoms with E-state index in [1.54, 1.807) is 0 Å². The fourth-order valence-corrected chi connectivity index (χ4v) is 4.48. The molecule has 1 heterocycles. The van der Waals surface area contributed by atoms with E-state index in [4.69, 9.17) is 9.73 Å². The number of allylic oxidation sites excluding steroid dienone is 3. The zero-order valence-corrected chi connectivity index (χ0v) is 17.0. The molecule has 1 aliphatic heterocycles. The molecule has 4 unspecified atom stereocenters. The summed E-state index contributed by atoms with van der Waals surface area (Å²) in [7, 11) is 0. The van der Waals surface area contributed by atoms with Crippen molar-refractivity contribution in [2.45, 2.75) is 72.6 Å². The van der Waals surface area contributed by atoms with Crippen molar-refractivity contribution in [2.24, 2.45) is 34.6 Å². The lowest BCUT2D eigenvalue weighted by molar-refractivity contribution is 0.0270. The number of unbranched alkanes of at least 4 members (excludes halogenated alkanes) is 2. The molecular formula is C23H39NO. The van der Waals surface area contributed by atoms with Crippen LogP contribution in [0.1, 0.15) is 72.6 Å². The van der Waals surface area contributed by atoms with Crippen LogP contribution in [0.3, 0.4) is 0 Å². The van der Waals surface area contributed by atoms with E-state index in [2.05, 4.69) is 46.4 Å². The van der Waals surface area contributed by atoms with Crippen molar-refractivity contribution in [1.29, 1.82) is 0 Å². The topological polar surface area (TPSA) is 21.6 Å². The zero-order valence-electron chi connectivity index (χ0n) is 17.0. The van der Waals surface area contributed by atoms with Crippen molar-refractivity contribution >= 4 is 5.71 Å². The van der Waals surface area contributed by atoms with E-state index in [9.17, 15) is 0 Å². The molecule has 1 saturated heterocycles. The average Bonchev–Trinajstić information content (AvgIpc) is 2.84. The molecule has 1 aliphatic carbocycles. The highest BCUT2D eigenvalue weighted by molar-refractivity contribution is 5.91. The fourth-order valence-electron chi connectivity index (χ4n) is 4.48. The van der Waals surface area contributed by atoms with E-state index in [-0.39, 0.29) is 0 Å². The van der Waals surface area contributed by atoms with Crippen molar-refractivity contribution < 1.29 is 4.74 Å². The summed E-state index contributed by atoms with van der Waals surface area (Å²) in [6.07, 6.45) is 13.3. The summed E-state index contributed by atoms with van der Waals surface area (Å²) in [6.45, 7) is 15.3. The lowest BCUT2D eigenvalue weighted by Gasteiger charge is -2.35. The standard InChI is InChI=1S/C23H39NO/c1-6-8-9-10-12-17(3)19(5)23(24-18(4)11-7-2)22-20-13-14-21(22)16-25-15-20/h10,12,17,19-22H,4,6-9,11,13-16H2,1-3,5H3/b12-10+,24-23+. The maximum atomic E-state index is 5.83. The van der Waals surface area contributed by atoms with E-state index in [1.165, 1.54) is 37.8 Å². The van der Waals surface area contributed by atoms with Gasteiger partial charge in [0.05, 0.1) is 13.2 Å². The molecule has 2 aliphatic rings. The van der Waals surface area contributed by atoms with Crippen LogP contribution in [0.5, 0.6) is 0 Å². The number of fused-ring (bicyclic) bond motifs is 2. The maximum absolute atomic E-state index is 5.83. The third-order valence-electron chi connectivity index (χ3n) is 6.17. The Morgan fingerprint density at radius 1 is 1.16 bits per heavy atom. The van der Waals surface area contributed by atoms with E-state index in [0.717, 1.165) is 31.8 Å². The van der Waals surface area contributed by atoms with Crippen LogP contribution in [-0.2, 0) is 4.74 Å². The van der Waals surface area contributed by atoms with Crippen LogP contribution in [0, 0.1) is 29.6 Å². The molecule has 0 spiro atoms. The predicted octanol–water partition coefficient (Wildman–Crippen LogP) is 6.43. The molecule has 0 radical (unpaired) electrons. The van der Waals surface area contributed by atoms with Crippen LogP contribution < -0.4 is 0 Å². The van der Waals surface area contributed by atoms with Gasteiger partial charge in [-0.3, -0.25) is 4.99 Å². The Kier molecular flexibility index (Phi) is 8.42. The highest BCUT2D eigenvalue weighted by Gasteiger charge is 2.44. The smallest absolute Gasteiger partial charge is 0.0500 e. The highest BCUT2D eigenvalue weighted by Crippen LogP contribution is 2.44. The summed E-state index contributed by atoms with van der Waals surface area (Å²) in [5.41, 5.74) is 2.49. The monoisotopic (exact) mass is 345 g/mol. The highest BCUT2D eigenvalue weighted by atomic mass is 16.5. The molecule has 4 atom stereocenters. The molecular weight excluding hydrogens is 306 g/mol. The second kappa shape index (κ2) is 10.3. The number of ether oxygens (including phenoxy) is 1. The van der Waals surface area contributed by atoms with Gasteiger partial charge in [0, 0.05) is 23.2 Å². The molecule has 2 fully saturated rings. The normalized spacial score (nSPS) is 29.1. The van der Waals surface area contributed by atoms with Crippen LogP contribution in [0.25, 0.3) is 0 Å². The minimum atomic E-state index is 0.484. The number of hydrogen-bond donors (Lipinski definition) is 0. The largest absolute Gasteiger partial charge is 0.381 e. The van der Waals surface area contributed by atoms with Crippen LogP contribution in [0.2, 0.25) is 0 Å². The van der Waals surface area contributed by atoms with E-state index in [1.807, 2.05) is 0 Å². The van der Waals surface area contributed by atoms with Crippen LogP contribution in [0.15, 0.2) is 29.4 Å². The molecule has 0 N–H and O–H groups in total. The van der Waals surface area contributed by atoms with Gasteiger partial charge in [-0.25, -0.2) is 0 Å². The minimum Gasteiger partial charge on any atom is -0.381 e. The van der Waals surface area contributed by atoms with Gasteiger partial charge in [0.2, 0.25) is 0 Å². The first kappa shape index (κ1) is 20.4. The first-order valence-electron chi connectivity index (χ1n) is 10.6. The Morgan fingerprint density at radius 3 is 2.44 bits per heavy atom. The van der Waals surface area contributed by atoms with Crippen LogP contribution in [-0.4, -0.2) is 18.9 Å². The van der Waals surface area contributed by atoms with E-state index >= 15 is 0 Å². The Balaban J connectivity index is 2.16. The molecule has 0 aromatic rings. The van der Waals surface area contributed by atoms with Crippen molar-refractivity contribution in [3.63, 3.8) is 0 Å². The lowest BCUT2D eigenvalue weighted by Crippen LogP contribution is -2.38. The minimum absolute atomic E-state index is 0.484. The van der Waals surface area contributed by atoms with Crippen molar-refractivity contribution in [1.82, 2.24) is 0 Å². The quantitative estimate of drug-likeness (QED) is 0.254. The molecule has 1 saturated carbocycles. The van der Waals surface area contributed by atoms with Gasteiger partial charge in [-0.15, -0.1) is 0 Å². The summed E-state index contributed by atoms with van der Waals surface area (Å²) in [6, 6.07) is 0. The summed E-state index contributed by atoms with van der Waals surface area (Å²) >= 11 is 0. The van der Waals surface area contributed by atoms with Crippen molar-refractivity contribution in [3.05, 3.63) is 24.4 Å². The lowest BCUT2D eigenvalue weighted by atomic mass is 9.76. The first-order valence-corrected chi connectivity index (χ1v) is 10.6. The second-order valence-corrected chi connectivity index (χ2v) is 8.23. The number of hydrogen-bond acceptors (Lipinski definition) is 2. The zero-order chi connectivity index (χ0) is 18.2. The van der Waals surface area contributed by atoms with Gasteiger partial charge in [0.25, 0.3) is 0 Å². The molecule has 0 aromatic carbocycles. The number of rotatable bonds is 10. The Hall–Kier alpha value is -0.890. The Labute approximate surface area is 155 Å². The molecule has 0 aromatic heterocycles. The molecule has 0 amide bonds. The third-order valence-corrected chi connectivity index (χ3v) is 6.17. The molecule has 25 heavy (non-hydrogen) atoms. The summed E-state index contributed by atoms with van der Waals surface area (Å²) in [4.78, 5) is 5.13. The first-order chi connectivity index (χ1) is 12.1. The van der Waals surface area contributed by atoms with Gasteiger partial charge in [-0.05, 0) is 43.4 Å².